The Morgan fingerprint density at radius 3 is 1.47 bits per heavy atom. The van der Waals surface area contributed by atoms with Gasteiger partial charge >= 0.3 is 11.9 Å². The van der Waals surface area contributed by atoms with E-state index in [1.807, 2.05) is 20.8 Å². The van der Waals surface area contributed by atoms with Crippen LogP contribution in [0.15, 0.2) is 0 Å². The van der Waals surface area contributed by atoms with E-state index < -0.39 is 17.4 Å². The van der Waals surface area contributed by atoms with Crippen molar-refractivity contribution in [3.8, 4) is 0 Å². The van der Waals surface area contributed by atoms with Crippen LogP contribution in [0.25, 0.3) is 0 Å². The molecule has 0 aliphatic rings. The highest BCUT2D eigenvalue weighted by molar-refractivity contribution is 5.98. The molecule has 0 aliphatic carbocycles. The summed E-state index contributed by atoms with van der Waals surface area (Å²) in [5.74, 6) is -2.02. The summed E-state index contributed by atoms with van der Waals surface area (Å²) in [5.41, 5.74) is 2.21. The fourth-order valence-electron chi connectivity index (χ4n) is 2.68. The maximum Gasteiger partial charge on any atom is 0.336 e. The zero-order chi connectivity index (χ0) is 15.1. The lowest BCUT2D eigenvalue weighted by atomic mass is 9.76. The molecule has 0 radical (unpaired) electrons. The van der Waals surface area contributed by atoms with Crippen LogP contribution in [0.4, 0.5) is 0 Å². The summed E-state index contributed by atoms with van der Waals surface area (Å²) in [5, 5.41) is 18.8. The Balaban J connectivity index is 3.98. The lowest BCUT2D eigenvalue weighted by molar-refractivity contribution is 0.0676. The molecule has 0 aliphatic heterocycles. The van der Waals surface area contributed by atoms with Gasteiger partial charge in [-0.2, -0.15) is 0 Å². The van der Waals surface area contributed by atoms with Crippen molar-refractivity contribution in [2.75, 3.05) is 0 Å². The first-order chi connectivity index (χ1) is 8.50. The van der Waals surface area contributed by atoms with E-state index in [-0.39, 0.29) is 11.1 Å². The van der Waals surface area contributed by atoms with Gasteiger partial charge in [0, 0.05) is 0 Å². The van der Waals surface area contributed by atoms with Crippen molar-refractivity contribution in [3.63, 3.8) is 0 Å². The molecule has 4 nitrogen and oxygen atoms in total. The number of carbonyl (C=O) groups is 2. The van der Waals surface area contributed by atoms with Crippen LogP contribution in [0.1, 0.15) is 63.7 Å². The van der Waals surface area contributed by atoms with Crippen LogP contribution in [0.2, 0.25) is 0 Å². The summed E-state index contributed by atoms with van der Waals surface area (Å²) in [6, 6.07) is 0. The second-order valence-electron chi connectivity index (χ2n) is 5.86. The molecule has 1 rings (SSSR count). The van der Waals surface area contributed by atoms with Gasteiger partial charge in [0.1, 0.15) is 0 Å². The van der Waals surface area contributed by atoms with Gasteiger partial charge in [0.05, 0.1) is 11.1 Å². The molecule has 0 aromatic heterocycles. The number of aromatic carboxylic acids is 2. The third kappa shape index (κ3) is 2.48. The van der Waals surface area contributed by atoms with Crippen LogP contribution in [-0.2, 0) is 5.41 Å². The summed E-state index contributed by atoms with van der Waals surface area (Å²) >= 11 is 0. The molecule has 0 amide bonds. The monoisotopic (exact) mass is 264 g/mol. The minimum Gasteiger partial charge on any atom is -0.478 e. The summed E-state index contributed by atoms with van der Waals surface area (Å²) in [7, 11) is 0. The quantitative estimate of drug-likeness (QED) is 0.859. The van der Waals surface area contributed by atoms with E-state index in [9.17, 15) is 19.8 Å². The highest BCUT2D eigenvalue weighted by Crippen LogP contribution is 2.35. The summed E-state index contributed by atoms with van der Waals surface area (Å²) in [6.07, 6.45) is 0. The van der Waals surface area contributed by atoms with Crippen molar-refractivity contribution in [1.82, 2.24) is 0 Å². The molecule has 0 unspecified atom stereocenters. The van der Waals surface area contributed by atoms with E-state index in [1.165, 1.54) is 0 Å². The smallest absolute Gasteiger partial charge is 0.336 e. The van der Waals surface area contributed by atoms with Gasteiger partial charge in [0.2, 0.25) is 0 Å². The largest absolute Gasteiger partial charge is 0.478 e. The highest BCUT2D eigenvalue weighted by Gasteiger charge is 2.30. The normalized spacial score (nSPS) is 11.5. The molecule has 2 N–H and O–H groups in total. The minimum atomic E-state index is -1.01. The van der Waals surface area contributed by atoms with Crippen LogP contribution in [0.3, 0.4) is 0 Å². The molecule has 0 spiro atoms. The molecule has 4 heteroatoms. The van der Waals surface area contributed by atoms with E-state index >= 15 is 0 Å². The van der Waals surface area contributed by atoms with Gasteiger partial charge in [-0.15, -0.1) is 0 Å². The Morgan fingerprint density at radius 2 is 1.16 bits per heavy atom. The van der Waals surface area contributed by atoms with E-state index in [1.54, 1.807) is 20.8 Å². The van der Waals surface area contributed by atoms with Gasteiger partial charge in [-0.25, -0.2) is 9.59 Å². The molecule has 1 aromatic rings. The molecule has 0 heterocycles. The third-order valence-corrected chi connectivity index (χ3v) is 3.49. The molecule has 19 heavy (non-hydrogen) atoms. The SMILES string of the molecule is Cc1c(C)c(C(=O)O)c(C(C)(C)C)c(C)c1C(=O)O. The van der Waals surface area contributed by atoms with Gasteiger partial charge < -0.3 is 10.2 Å². The number of carboxylic acid groups (broad SMARTS) is 2. The van der Waals surface area contributed by atoms with Gasteiger partial charge in [0.25, 0.3) is 0 Å². The fraction of sp³-hybridized carbons (Fsp3) is 0.467. The second-order valence-corrected chi connectivity index (χ2v) is 5.86. The molecule has 0 atom stereocenters. The predicted molar refractivity (Wildman–Crippen MR) is 73.3 cm³/mol. The summed E-state index contributed by atoms with van der Waals surface area (Å²) in [4.78, 5) is 22.9. The number of benzene rings is 1. The zero-order valence-electron chi connectivity index (χ0n) is 12.2. The van der Waals surface area contributed by atoms with Crippen LogP contribution in [0.5, 0.6) is 0 Å². The molecule has 0 bridgehead atoms. The lowest BCUT2D eigenvalue weighted by Gasteiger charge is -2.27. The Bertz CT molecular complexity index is 563. The first kappa shape index (κ1) is 15.2. The van der Waals surface area contributed by atoms with Crippen LogP contribution in [0, 0.1) is 20.8 Å². The van der Waals surface area contributed by atoms with E-state index in [2.05, 4.69) is 0 Å². The second kappa shape index (κ2) is 4.68. The Labute approximate surface area is 113 Å². The van der Waals surface area contributed by atoms with Gasteiger partial charge in [-0.05, 0) is 48.4 Å². The third-order valence-electron chi connectivity index (χ3n) is 3.49. The maximum atomic E-state index is 11.5. The topological polar surface area (TPSA) is 74.6 Å². The maximum absolute atomic E-state index is 11.5. The number of rotatable bonds is 2. The average Bonchev–Trinajstić information content (AvgIpc) is 2.20. The number of carboxylic acids is 2. The van der Waals surface area contributed by atoms with Crippen molar-refractivity contribution in [1.29, 1.82) is 0 Å². The van der Waals surface area contributed by atoms with Crippen molar-refractivity contribution in [3.05, 3.63) is 33.4 Å². The molecule has 0 fully saturated rings. The number of hydrogen-bond donors (Lipinski definition) is 2. The van der Waals surface area contributed by atoms with Crippen molar-refractivity contribution < 1.29 is 19.8 Å². The lowest BCUT2D eigenvalue weighted by Crippen LogP contribution is -2.23. The molecular formula is C15H20O4. The van der Waals surface area contributed by atoms with Crippen molar-refractivity contribution in [2.45, 2.75) is 47.0 Å². The van der Waals surface area contributed by atoms with Gasteiger partial charge in [0.15, 0.2) is 0 Å². The molecule has 0 saturated carbocycles. The summed E-state index contributed by atoms with van der Waals surface area (Å²) in [6.45, 7) is 10.7. The molecular weight excluding hydrogens is 244 g/mol. The van der Waals surface area contributed by atoms with E-state index in [4.69, 9.17) is 0 Å². The van der Waals surface area contributed by atoms with E-state index in [0.717, 1.165) is 0 Å². The Morgan fingerprint density at radius 1 is 0.789 bits per heavy atom. The fourth-order valence-corrected chi connectivity index (χ4v) is 2.68. The Hall–Kier alpha value is -1.84. The van der Waals surface area contributed by atoms with Crippen LogP contribution < -0.4 is 0 Å². The highest BCUT2D eigenvalue weighted by atomic mass is 16.4. The number of hydrogen-bond acceptors (Lipinski definition) is 2. The van der Waals surface area contributed by atoms with E-state index in [0.29, 0.717) is 22.3 Å². The first-order valence-corrected chi connectivity index (χ1v) is 6.11. The van der Waals surface area contributed by atoms with Gasteiger partial charge in [-0.3, -0.25) is 0 Å². The van der Waals surface area contributed by atoms with Crippen LogP contribution >= 0.6 is 0 Å². The van der Waals surface area contributed by atoms with Crippen molar-refractivity contribution >= 4 is 11.9 Å². The molecule has 1 aromatic carbocycles. The van der Waals surface area contributed by atoms with Crippen molar-refractivity contribution in [2.24, 2.45) is 0 Å². The Kier molecular flexibility index (Phi) is 3.75. The summed E-state index contributed by atoms with van der Waals surface area (Å²) < 4.78 is 0. The van der Waals surface area contributed by atoms with Crippen LogP contribution in [-0.4, -0.2) is 22.2 Å². The minimum absolute atomic E-state index is 0.215. The standard InChI is InChI=1S/C15H20O4/c1-7-8(2)11(14(18)19)12(15(4,5)6)9(3)10(7)13(16)17/h1-6H3,(H,16,17)(H,18,19). The zero-order valence-corrected chi connectivity index (χ0v) is 12.2. The molecule has 104 valence electrons. The predicted octanol–water partition coefficient (Wildman–Crippen LogP) is 3.31. The first-order valence-electron chi connectivity index (χ1n) is 6.11. The average molecular weight is 264 g/mol. The van der Waals surface area contributed by atoms with Gasteiger partial charge in [-0.1, -0.05) is 20.8 Å². The molecule has 0 saturated heterocycles.